The Kier molecular flexibility index (Phi) is 4.49. The molecule has 1 aliphatic carbocycles. The Labute approximate surface area is 106 Å². The molecule has 1 amide bonds. The lowest BCUT2D eigenvalue weighted by Crippen LogP contribution is -2.27. The van der Waals surface area contributed by atoms with E-state index in [4.69, 9.17) is 10.6 Å². The lowest BCUT2D eigenvalue weighted by molar-refractivity contribution is 0.0906. The number of pyridine rings is 1. The largest absolute Gasteiger partial charge is 0.379 e. The smallest absolute Gasteiger partial charge is 0.251 e. The summed E-state index contributed by atoms with van der Waals surface area (Å²) >= 11 is 0. The van der Waals surface area contributed by atoms with Gasteiger partial charge < -0.3 is 15.5 Å². The molecule has 2 rings (SSSR count). The van der Waals surface area contributed by atoms with Crippen LogP contribution < -0.4 is 16.6 Å². The van der Waals surface area contributed by atoms with Gasteiger partial charge in [0.25, 0.3) is 5.91 Å². The molecule has 0 radical (unpaired) electrons. The summed E-state index contributed by atoms with van der Waals surface area (Å²) in [6, 6.07) is 3.24. The zero-order valence-corrected chi connectivity index (χ0v) is 10.2. The van der Waals surface area contributed by atoms with E-state index in [0.717, 1.165) is 12.5 Å². The number of ether oxygens (including phenoxy) is 1. The maximum Gasteiger partial charge on any atom is 0.251 e. The summed E-state index contributed by atoms with van der Waals surface area (Å²) in [4.78, 5) is 15.7. The van der Waals surface area contributed by atoms with Crippen LogP contribution in [0.5, 0.6) is 0 Å². The van der Waals surface area contributed by atoms with Gasteiger partial charge in [-0.25, -0.2) is 10.8 Å². The number of hydrogen-bond donors (Lipinski definition) is 3. The molecule has 6 nitrogen and oxygen atoms in total. The van der Waals surface area contributed by atoms with Gasteiger partial charge in [0.05, 0.1) is 6.61 Å². The second-order valence-corrected chi connectivity index (χ2v) is 4.35. The minimum Gasteiger partial charge on any atom is -0.379 e. The number of hydrogen-bond acceptors (Lipinski definition) is 5. The van der Waals surface area contributed by atoms with Gasteiger partial charge in [-0.3, -0.25) is 4.79 Å². The first-order chi connectivity index (χ1) is 8.79. The number of carbonyl (C=O) groups is 1. The van der Waals surface area contributed by atoms with Crippen molar-refractivity contribution in [2.75, 3.05) is 25.2 Å². The Morgan fingerprint density at radius 1 is 1.56 bits per heavy atom. The first-order valence-electron chi connectivity index (χ1n) is 6.08. The van der Waals surface area contributed by atoms with Crippen LogP contribution >= 0.6 is 0 Å². The molecular formula is C12H18N4O2. The van der Waals surface area contributed by atoms with Crippen molar-refractivity contribution >= 4 is 11.7 Å². The van der Waals surface area contributed by atoms with Crippen molar-refractivity contribution in [2.24, 2.45) is 11.8 Å². The van der Waals surface area contributed by atoms with Crippen LogP contribution in [0, 0.1) is 5.92 Å². The Bertz CT molecular complexity index is 407. The second-order valence-electron chi connectivity index (χ2n) is 4.35. The Hall–Kier alpha value is -1.66. The number of rotatable bonds is 7. The van der Waals surface area contributed by atoms with Crippen LogP contribution in [0.15, 0.2) is 18.3 Å². The van der Waals surface area contributed by atoms with Crippen molar-refractivity contribution in [3.05, 3.63) is 23.9 Å². The molecule has 1 aliphatic rings. The summed E-state index contributed by atoms with van der Waals surface area (Å²) < 4.78 is 5.43. The first-order valence-corrected chi connectivity index (χ1v) is 6.08. The first kappa shape index (κ1) is 12.8. The van der Waals surface area contributed by atoms with Crippen LogP contribution in [-0.2, 0) is 4.74 Å². The van der Waals surface area contributed by atoms with Crippen LogP contribution in [0.2, 0.25) is 0 Å². The molecule has 0 spiro atoms. The zero-order valence-electron chi connectivity index (χ0n) is 10.2. The number of anilines is 1. The molecule has 98 valence electrons. The van der Waals surface area contributed by atoms with E-state index in [0.29, 0.717) is 24.5 Å². The number of nitrogens with two attached hydrogens (primary N) is 1. The highest BCUT2D eigenvalue weighted by molar-refractivity contribution is 5.94. The van der Waals surface area contributed by atoms with Gasteiger partial charge >= 0.3 is 0 Å². The van der Waals surface area contributed by atoms with Gasteiger partial charge in [-0.15, -0.1) is 0 Å². The highest BCUT2D eigenvalue weighted by Crippen LogP contribution is 2.28. The molecule has 0 atom stereocenters. The summed E-state index contributed by atoms with van der Waals surface area (Å²) in [5, 5.41) is 2.78. The van der Waals surface area contributed by atoms with E-state index in [2.05, 4.69) is 15.7 Å². The van der Waals surface area contributed by atoms with E-state index in [-0.39, 0.29) is 5.91 Å². The standard InChI is InChI=1S/C12H18N4O2/c13-16-11-7-10(3-4-14-11)12(17)15-5-6-18-8-9-1-2-9/h3-4,7,9H,1-2,5-6,8,13H2,(H,14,16)(H,15,17). The molecule has 0 aliphatic heterocycles. The predicted octanol–water partition coefficient (Wildman–Crippen LogP) is 0.524. The molecule has 18 heavy (non-hydrogen) atoms. The van der Waals surface area contributed by atoms with Crippen LogP contribution in [0.25, 0.3) is 0 Å². The average Bonchev–Trinajstić information content (AvgIpc) is 3.22. The van der Waals surface area contributed by atoms with E-state index in [9.17, 15) is 4.79 Å². The van der Waals surface area contributed by atoms with Gasteiger partial charge in [0.2, 0.25) is 0 Å². The SMILES string of the molecule is NNc1cc(C(=O)NCCOCC2CC2)ccn1. The summed E-state index contributed by atoms with van der Waals surface area (Å²) in [5.74, 6) is 6.29. The van der Waals surface area contributed by atoms with Crippen LogP contribution in [0.4, 0.5) is 5.82 Å². The quantitative estimate of drug-likeness (QED) is 0.373. The lowest BCUT2D eigenvalue weighted by atomic mass is 10.2. The van der Waals surface area contributed by atoms with Crippen molar-refractivity contribution in [2.45, 2.75) is 12.8 Å². The maximum atomic E-state index is 11.8. The summed E-state index contributed by atoms with van der Waals surface area (Å²) in [7, 11) is 0. The molecule has 0 aromatic carbocycles. The fourth-order valence-electron chi connectivity index (χ4n) is 1.52. The number of nitrogens with one attached hydrogen (secondary N) is 2. The number of amides is 1. The molecule has 1 aromatic heterocycles. The summed E-state index contributed by atoms with van der Waals surface area (Å²) in [6.45, 7) is 1.88. The Balaban J connectivity index is 1.69. The van der Waals surface area contributed by atoms with Gasteiger partial charge in [0.1, 0.15) is 5.82 Å². The average molecular weight is 250 g/mol. The van der Waals surface area contributed by atoms with Crippen molar-refractivity contribution in [3.63, 3.8) is 0 Å². The number of hydrazine groups is 1. The van der Waals surface area contributed by atoms with Gasteiger partial charge in [-0.1, -0.05) is 0 Å². The lowest BCUT2D eigenvalue weighted by Gasteiger charge is -2.07. The molecule has 1 fully saturated rings. The van der Waals surface area contributed by atoms with Crippen molar-refractivity contribution in [1.82, 2.24) is 10.3 Å². The number of nitrogen functional groups attached to an aromatic ring is 1. The zero-order chi connectivity index (χ0) is 12.8. The van der Waals surface area contributed by atoms with E-state index in [1.807, 2.05) is 0 Å². The van der Waals surface area contributed by atoms with E-state index in [1.54, 1.807) is 12.1 Å². The predicted molar refractivity (Wildman–Crippen MR) is 67.9 cm³/mol. The number of nitrogens with zero attached hydrogens (tertiary/aromatic N) is 1. The van der Waals surface area contributed by atoms with Crippen molar-refractivity contribution < 1.29 is 9.53 Å². The van der Waals surface area contributed by atoms with Gasteiger partial charge in [0.15, 0.2) is 0 Å². The normalized spacial score (nSPS) is 14.3. The van der Waals surface area contributed by atoms with E-state index < -0.39 is 0 Å². The van der Waals surface area contributed by atoms with Crippen molar-refractivity contribution in [3.8, 4) is 0 Å². The van der Waals surface area contributed by atoms with Gasteiger partial charge in [0, 0.05) is 24.9 Å². The number of aromatic nitrogens is 1. The van der Waals surface area contributed by atoms with Gasteiger partial charge in [-0.2, -0.15) is 0 Å². The third-order valence-corrected chi connectivity index (χ3v) is 2.75. The highest BCUT2D eigenvalue weighted by atomic mass is 16.5. The Morgan fingerprint density at radius 2 is 2.39 bits per heavy atom. The maximum absolute atomic E-state index is 11.8. The monoisotopic (exact) mass is 250 g/mol. The topological polar surface area (TPSA) is 89.3 Å². The van der Waals surface area contributed by atoms with Crippen LogP contribution in [0.1, 0.15) is 23.2 Å². The molecule has 0 unspecified atom stereocenters. The van der Waals surface area contributed by atoms with Crippen LogP contribution in [-0.4, -0.2) is 30.6 Å². The third kappa shape index (κ3) is 3.97. The van der Waals surface area contributed by atoms with E-state index in [1.165, 1.54) is 19.0 Å². The molecule has 4 N–H and O–H groups in total. The second kappa shape index (κ2) is 6.32. The molecule has 1 heterocycles. The van der Waals surface area contributed by atoms with Gasteiger partial charge in [-0.05, 0) is 30.9 Å². The number of carbonyl (C=O) groups excluding carboxylic acids is 1. The molecule has 6 heteroatoms. The molecular weight excluding hydrogens is 232 g/mol. The molecule has 0 saturated heterocycles. The van der Waals surface area contributed by atoms with Crippen molar-refractivity contribution in [1.29, 1.82) is 0 Å². The Morgan fingerprint density at radius 3 is 3.11 bits per heavy atom. The minimum absolute atomic E-state index is 0.149. The van der Waals surface area contributed by atoms with E-state index >= 15 is 0 Å². The van der Waals surface area contributed by atoms with Crippen LogP contribution in [0.3, 0.4) is 0 Å². The fraction of sp³-hybridized carbons (Fsp3) is 0.500. The minimum atomic E-state index is -0.149. The summed E-state index contributed by atoms with van der Waals surface area (Å²) in [6.07, 6.45) is 4.09. The molecule has 0 bridgehead atoms. The highest BCUT2D eigenvalue weighted by Gasteiger charge is 2.20. The summed E-state index contributed by atoms with van der Waals surface area (Å²) in [5.41, 5.74) is 2.93. The molecule has 1 saturated carbocycles. The third-order valence-electron chi connectivity index (χ3n) is 2.75. The fourth-order valence-corrected chi connectivity index (χ4v) is 1.52. The molecule has 1 aromatic rings.